The molecule has 1 amide bonds. The molecule has 1 saturated heterocycles. The van der Waals surface area contributed by atoms with Crippen molar-refractivity contribution in [1.29, 1.82) is 0 Å². The molecule has 8 nitrogen and oxygen atoms in total. The number of thiazole rings is 1. The number of nitrogens with zero attached hydrogens (tertiary/aromatic N) is 3. The van der Waals surface area contributed by atoms with Crippen molar-refractivity contribution in [3.63, 3.8) is 0 Å². The monoisotopic (exact) mass is 505 g/mol. The molecule has 4 rings (SSSR count). The van der Waals surface area contributed by atoms with Gasteiger partial charge in [0.15, 0.2) is 16.3 Å². The van der Waals surface area contributed by atoms with Gasteiger partial charge >= 0.3 is 0 Å². The van der Waals surface area contributed by atoms with E-state index in [-0.39, 0.29) is 23.2 Å². The third-order valence-electron chi connectivity index (χ3n) is 5.47. The quantitative estimate of drug-likeness (QED) is 0.481. The Morgan fingerprint density at radius 1 is 1.30 bits per heavy atom. The molecule has 33 heavy (non-hydrogen) atoms. The van der Waals surface area contributed by atoms with Crippen LogP contribution in [-0.4, -0.2) is 50.5 Å². The van der Waals surface area contributed by atoms with Crippen LogP contribution >= 0.6 is 22.7 Å². The van der Waals surface area contributed by atoms with Gasteiger partial charge in [0.2, 0.25) is 0 Å². The lowest BCUT2D eigenvalue weighted by Crippen LogP contribution is -2.42. The number of carbonyl (C=O) groups is 1. The number of aromatic nitrogens is 1. The summed E-state index contributed by atoms with van der Waals surface area (Å²) < 4.78 is 40.9. The Morgan fingerprint density at radius 2 is 2.06 bits per heavy atom. The minimum Gasteiger partial charge on any atom is -0.493 e. The summed E-state index contributed by atoms with van der Waals surface area (Å²) in [6.45, 7) is 0.735. The number of thiophene rings is 1. The third-order valence-corrected chi connectivity index (χ3v) is 9.75. The van der Waals surface area contributed by atoms with Gasteiger partial charge in [0.1, 0.15) is 4.21 Å². The maximum absolute atomic E-state index is 13.1. The van der Waals surface area contributed by atoms with Gasteiger partial charge in [-0.05, 0) is 24.3 Å². The molecule has 0 radical (unpaired) electrons. The summed E-state index contributed by atoms with van der Waals surface area (Å²) in [6, 6.07) is 6.92. The van der Waals surface area contributed by atoms with Gasteiger partial charge < -0.3 is 14.0 Å². The van der Waals surface area contributed by atoms with Crippen LogP contribution in [-0.2, 0) is 21.4 Å². The summed E-state index contributed by atoms with van der Waals surface area (Å²) in [6.07, 6.45) is 6.75. The molecule has 174 valence electrons. The minimum atomic E-state index is -3.61. The fourth-order valence-corrected chi connectivity index (χ4v) is 7.52. The van der Waals surface area contributed by atoms with Gasteiger partial charge in [-0.15, -0.1) is 17.8 Å². The first-order valence-electron chi connectivity index (χ1n) is 10.2. The highest BCUT2D eigenvalue weighted by Crippen LogP contribution is 2.33. The van der Waals surface area contributed by atoms with Crippen molar-refractivity contribution in [1.82, 2.24) is 8.87 Å². The van der Waals surface area contributed by atoms with E-state index in [0.717, 1.165) is 10.2 Å². The number of terminal acetylenes is 1. The molecule has 1 atom stereocenters. The number of hydrogen-bond donors (Lipinski definition) is 0. The first-order valence-corrected chi connectivity index (χ1v) is 13.3. The number of piperidine rings is 1. The predicted molar refractivity (Wildman–Crippen MR) is 128 cm³/mol. The average molecular weight is 506 g/mol. The number of sulfonamides is 1. The lowest BCUT2D eigenvalue weighted by Gasteiger charge is -2.29. The number of amides is 1. The van der Waals surface area contributed by atoms with Crippen LogP contribution in [0, 0.1) is 18.3 Å². The van der Waals surface area contributed by atoms with Crippen LogP contribution in [0.2, 0.25) is 0 Å². The summed E-state index contributed by atoms with van der Waals surface area (Å²) in [7, 11) is -0.502. The van der Waals surface area contributed by atoms with Crippen LogP contribution in [0.3, 0.4) is 0 Å². The number of hydrogen-bond acceptors (Lipinski definition) is 7. The standard InChI is InChI=1S/C22H23N3O5S3/c1-4-9-25-16-12-17(29-2)18(30-3)13-19(16)32-22(25)23-21(26)15-7-5-10-24(14-15)33(27,28)20-8-6-11-31-20/h1,6,8,11-13,15H,5,7,9-10,14H2,2-3H3. The molecule has 2 aromatic heterocycles. The minimum absolute atomic E-state index is 0.115. The predicted octanol–water partition coefficient (Wildman–Crippen LogP) is 2.94. The Bertz CT molecular complexity index is 1380. The second kappa shape index (κ2) is 9.69. The number of ether oxygens (including phenoxy) is 2. The van der Waals surface area contributed by atoms with Crippen molar-refractivity contribution in [3.05, 3.63) is 34.4 Å². The van der Waals surface area contributed by atoms with Gasteiger partial charge in [0.05, 0.1) is 36.9 Å². The van der Waals surface area contributed by atoms with Crippen LogP contribution < -0.4 is 14.3 Å². The van der Waals surface area contributed by atoms with Crippen LogP contribution in [0.1, 0.15) is 12.8 Å². The van der Waals surface area contributed by atoms with Crippen LogP contribution in [0.4, 0.5) is 0 Å². The Kier molecular flexibility index (Phi) is 6.90. The van der Waals surface area contributed by atoms with Crippen molar-refractivity contribution < 1.29 is 22.7 Å². The molecule has 0 bridgehead atoms. The first-order chi connectivity index (χ1) is 15.9. The summed E-state index contributed by atoms with van der Waals surface area (Å²) >= 11 is 2.50. The van der Waals surface area contributed by atoms with E-state index < -0.39 is 15.9 Å². The molecule has 1 unspecified atom stereocenters. The first kappa shape index (κ1) is 23.5. The van der Waals surface area contributed by atoms with Gasteiger partial charge in [-0.1, -0.05) is 23.3 Å². The second-order valence-corrected chi connectivity index (χ2v) is 11.6. The Hall–Kier alpha value is -2.65. The fourth-order valence-electron chi connectivity index (χ4n) is 3.81. The van der Waals surface area contributed by atoms with Gasteiger partial charge in [0, 0.05) is 25.2 Å². The molecule has 1 fully saturated rings. The molecule has 0 saturated carbocycles. The number of carbonyl (C=O) groups excluding carboxylic acids is 1. The molecule has 1 aromatic carbocycles. The van der Waals surface area contributed by atoms with E-state index in [9.17, 15) is 13.2 Å². The summed E-state index contributed by atoms with van der Waals surface area (Å²) in [5, 5.41) is 1.73. The van der Waals surface area contributed by atoms with Crippen molar-refractivity contribution in [3.8, 4) is 23.8 Å². The Morgan fingerprint density at radius 3 is 2.73 bits per heavy atom. The molecule has 11 heteroatoms. The van der Waals surface area contributed by atoms with Gasteiger partial charge in [-0.3, -0.25) is 4.79 Å². The van der Waals surface area contributed by atoms with E-state index >= 15 is 0 Å². The Labute approximate surface area is 200 Å². The maximum Gasteiger partial charge on any atom is 0.252 e. The topological polar surface area (TPSA) is 90.2 Å². The SMILES string of the molecule is C#CCn1c(=NC(=O)C2CCCN(S(=O)(=O)c3cccs3)C2)sc2cc(OC)c(OC)cc21. The highest BCUT2D eigenvalue weighted by Gasteiger charge is 2.33. The largest absolute Gasteiger partial charge is 0.493 e. The molecule has 0 N–H and O–H groups in total. The van der Waals surface area contributed by atoms with Gasteiger partial charge in [-0.25, -0.2) is 8.42 Å². The lowest BCUT2D eigenvalue weighted by molar-refractivity contribution is -0.122. The zero-order chi connectivity index (χ0) is 23.6. The number of benzene rings is 1. The third kappa shape index (κ3) is 4.56. The molecule has 1 aliphatic rings. The maximum atomic E-state index is 13.1. The van der Waals surface area contributed by atoms with Crippen molar-refractivity contribution >= 4 is 48.8 Å². The van der Waals surface area contributed by atoms with Crippen LogP contribution in [0.5, 0.6) is 11.5 Å². The number of methoxy groups -OCH3 is 2. The zero-order valence-electron chi connectivity index (χ0n) is 18.2. The average Bonchev–Trinajstić information content (AvgIpc) is 3.48. The molecule has 3 heterocycles. The molecule has 1 aliphatic heterocycles. The number of fused-ring (bicyclic) bond motifs is 1. The van der Waals surface area contributed by atoms with Crippen molar-refractivity contribution in [2.75, 3.05) is 27.3 Å². The molecule has 0 spiro atoms. The highest BCUT2D eigenvalue weighted by atomic mass is 32.2. The van der Waals surface area contributed by atoms with Crippen molar-refractivity contribution in [2.45, 2.75) is 23.6 Å². The van der Waals surface area contributed by atoms with E-state index in [1.165, 1.54) is 27.0 Å². The molecule has 3 aromatic rings. The summed E-state index contributed by atoms with van der Waals surface area (Å²) in [5.74, 6) is 2.86. The van der Waals surface area contributed by atoms with E-state index in [4.69, 9.17) is 15.9 Å². The second-order valence-electron chi connectivity index (χ2n) is 7.43. The summed E-state index contributed by atoms with van der Waals surface area (Å²) in [5.41, 5.74) is 0.785. The molecular formula is C22H23N3O5S3. The highest BCUT2D eigenvalue weighted by molar-refractivity contribution is 7.91. The van der Waals surface area contributed by atoms with Crippen LogP contribution in [0.15, 0.2) is 38.8 Å². The fraction of sp³-hybridized carbons (Fsp3) is 0.364. The van der Waals surface area contributed by atoms with E-state index in [1.807, 2.05) is 6.07 Å². The van der Waals surface area contributed by atoms with Crippen LogP contribution in [0.25, 0.3) is 10.2 Å². The Balaban J connectivity index is 1.68. The van der Waals surface area contributed by atoms with E-state index in [1.54, 1.807) is 42.4 Å². The molecular weight excluding hydrogens is 482 g/mol. The van der Waals surface area contributed by atoms with E-state index in [0.29, 0.717) is 35.7 Å². The summed E-state index contributed by atoms with van der Waals surface area (Å²) in [4.78, 5) is 17.9. The zero-order valence-corrected chi connectivity index (χ0v) is 20.6. The number of rotatable bonds is 6. The normalized spacial score (nSPS) is 17.7. The smallest absolute Gasteiger partial charge is 0.252 e. The lowest BCUT2D eigenvalue weighted by atomic mass is 9.99. The molecule has 0 aliphatic carbocycles. The van der Waals surface area contributed by atoms with E-state index in [2.05, 4.69) is 10.9 Å². The van der Waals surface area contributed by atoms with Crippen molar-refractivity contribution in [2.24, 2.45) is 10.9 Å². The van der Waals surface area contributed by atoms with Gasteiger partial charge in [-0.2, -0.15) is 9.30 Å². The van der Waals surface area contributed by atoms with Gasteiger partial charge in [0.25, 0.3) is 15.9 Å².